The zero-order chi connectivity index (χ0) is 10.8. The van der Waals surface area contributed by atoms with Crippen molar-refractivity contribution < 1.29 is 0 Å². The number of rotatable bonds is 2. The maximum absolute atomic E-state index is 5.93. The first-order chi connectivity index (χ1) is 6.43. The van der Waals surface area contributed by atoms with Gasteiger partial charge in [-0.25, -0.2) is 9.97 Å². The predicted octanol–water partition coefficient (Wildman–Crippen LogP) is 3.29. The molecular weight excluding hydrogens is 216 g/mol. The van der Waals surface area contributed by atoms with Crippen LogP contribution >= 0.6 is 23.4 Å². The Morgan fingerprint density at radius 3 is 2.50 bits per heavy atom. The van der Waals surface area contributed by atoms with Gasteiger partial charge in [0.25, 0.3) is 0 Å². The zero-order valence-corrected chi connectivity index (χ0v) is 10.5. The third kappa shape index (κ3) is 3.14. The van der Waals surface area contributed by atoms with Crippen LogP contribution in [0, 0.1) is 0 Å². The first-order valence-corrected chi connectivity index (χ1v) is 6.23. The molecule has 0 spiro atoms. The van der Waals surface area contributed by atoms with Crippen molar-refractivity contribution in [2.24, 2.45) is 0 Å². The fourth-order valence-corrected chi connectivity index (χ4v) is 1.63. The summed E-state index contributed by atoms with van der Waals surface area (Å²) in [5.41, 5.74) is 1.03. The van der Waals surface area contributed by atoms with Crippen molar-refractivity contribution >= 4 is 23.4 Å². The van der Waals surface area contributed by atoms with Gasteiger partial charge in [-0.1, -0.05) is 32.4 Å². The van der Waals surface area contributed by atoms with Crippen molar-refractivity contribution in [2.45, 2.75) is 31.9 Å². The molecule has 0 N–H and O–H groups in total. The van der Waals surface area contributed by atoms with Crippen LogP contribution in [0.1, 0.15) is 32.3 Å². The Hall–Kier alpha value is -0.280. The summed E-state index contributed by atoms with van der Waals surface area (Å²) in [5, 5.41) is 0.536. The molecule has 0 atom stereocenters. The van der Waals surface area contributed by atoms with Crippen LogP contribution in [-0.2, 0) is 11.2 Å². The van der Waals surface area contributed by atoms with Gasteiger partial charge < -0.3 is 0 Å². The number of hydrogen-bond donors (Lipinski definition) is 0. The highest BCUT2D eigenvalue weighted by atomic mass is 35.5. The Morgan fingerprint density at radius 1 is 1.36 bits per heavy atom. The normalized spacial score (nSPS) is 11.8. The van der Waals surface area contributed by atoms with Crippen molar-refractivity contribution in [1.29, 1.82) is 0 Å². The van der Waals surface area contributed by atoms with Crippen molar-refractivity contribution in [3.63, 3.8) is 0 Å². The van der Waals surface area contributed by atoms with Crippen molar-refractivity contribution in [3.8, 4) is 0 Å². The number of nitrogens with zero attached hydrogens (tertiary/aromatic N) is 2. The van der Waals surface area contributed by atoms with Crippen LogP contribution < -0.4 is 0 Å². The third-order valence-corrected chi connectivity index (χ3v) is 2.52. The molecule has 0 amide bonds. The summed E-state index contributed by atoms with van der Waals surface area (Å²) >= 11 is 7.63. The van der Waals surface area contributed by atoms with E-state index >= 15 is 0 Å². The molecule has 1 aromatic heterocycles. The fourth-order valence-electron chi connectivity index (χ4n) is 1.04. The van der Waals surface area contributed by atoms with Gasteiger partial charge in [0.1, 0.15) is 11.0 Å². The second-order valence-electron chi connectivity index (χ2n) is 4.18. The van der Waals surface area contributed by atoms with Gasteiger partial charge in [-0.3, -0.25) is 0 Å². The minimum absolute atomic E-state index is 0.0275. The average Bonchev–Trinajstić information content (AvgIpc) is 2.02. The summed E-state index contributed by atoms with van der Waals surface area (Å²) in [7, 11) is 0. The van der Waals surface area contributed by atoms with E-state index in [1.807, 2.05) is 12.3 Å². The molecule has 0 saturated heterocycles. The van der Waals surface area contributed by atoms with Crippen LogP contribution in [0.4, 0.5) is 0 Å². The molecule has 0 radical (unpaired) electrons. The summed E-state index contributed by atoms with van der Waals surface area (Å²) in [4.78, 5) is 8.65. The number of halogens is 1. The van der Waals surface area contributed by atoms with Gasteiger partial charge in [0.05, 0.1) is 11.4 Å². The quantitative estimate of drug-likeness (QED) is 0.730. The van der Waals surface area contributed by atoms with Crippen LogP contribution in [0.2, 0.25) is 5.15 Å². The summed E-state index contributed by atoms with van der Waals surface area (Å²) in [6.07, 6.45) is 2.03. The van der Waals surface area contributed by atoms with Gasteiger partial charge in [-0.05, 0) is 12.3 Å². The van der Waals surface area contributed by atoms with Crippen LogP contribution in [0.25, 0.3) is 0 Å². The molecule has 78 valence electrons. The first-order valence-electron chi connectivity index (χ1n) is 4.46. The highest BCUT2D eigenvalue weighted by molar-refractivity contribution is 7.97. The molecule has 1 heterocycles. The highest BCUT2D eigenvalue weighted by Crippen LogP contribution is 2.22. The maximum Gasteiger partial charge on any atom is 0.140 e. The maximum atomic E-state index is 5.93. The second-order valence-corrected chi connectivity index (χ2v) is 5.43. The number of thioether (sulfide) groups is 1. The van der Waals surface area contributed by atoms with Gasteiger partial charge >= 0.3 is 0 Å². The topological polar surface area (TPSA) is 25.8 Å². The van der Waals surface area contributed by atoms with E-state index in [0.717, 1.165) is 17.3 Å². The fraction of sp³-hybridized carbons (Fsp3) is 0.600. The van der Waals surface area contributed by atoms with Crippen LogP contribution in [-0.4, -0.2) is 16.2 Å². The molecule has 0 bridgehead atoms. The Morgan fingerprint density at radius 2 is 2.00 bits per heavy atom. The predicted molar refractivity (Wildman–Crippen MR) is 63.0 cm³/mol. The monoisotopic (exact) mass is 230 g/mol. The molecule has 0 aliphatic rings. The minimum Gasteiger partial charge on any atom is -0.236 e. The lowest BCUT2D eigenvalue weighted by atomic mass is 9.92. The van der Waals surface area contributed by atoms with E-state index in [1.165, 1.54) is 0 Å². The molecule has 0 aromatic carbocycles. The molecule has 0 saturated carbocycles. The molecule has 2 nitrogen and oxygen atoms in total. The van der Waals surface area contributed by atoms with Gasteiger partial charge in [0.2, 0.25) is 0 Å². The largest absolute Gasteiger partial charge is 0.236 e. The van der Waals surface area contributed by atoms with E-state index in [2.05, 4.69) is 30.7 Å². The molecule has 0 aliphatic heterocycles. The lowest BCUT2D eigenvalue weighted by Crippen LogP contribution is -2.15. The molecule has 0 fully saturated rings. The van der Waals surface area contributed by atoms with Crippen LogP contribution in [0.3, 0.4) is 0 Å². The molecular formula is C10H15ClN2S. The zero-order valence-electron chi connectivity index (χ0n) is 8.97. The van der Waals surface area contributed by atoms with Crippen LogP contribution in [0.5, 0.6) is 0 Å². The SMILES string of the molecule is CSCc1nc(Cl)cc(C(C)(C)C)n1. The average molecular weight is 231 g/mol. The van der Waals surface area contributed by atoms with E-state index < -0.39 is 0 Å². The summed E-state index contributed by atoms with van der Waals surface area (Å²) in [6, 6.07) is 1.84. The van der Waals surface area contributed by atoms with Gasteiger partial charge in [-0.15, -0.1) is 0 Å². The van der Waals surface area contributed by atoms with E-state index in [-0.39, 0.29) is 5.41 Å². The van der Waals surface area contributed by atoms with Crippen LogP contribution in [0.15, 0.2) is 6.07 Å². The van der Waals surface area contributed by atoms with Crippen molar-refractivity contribution in [2.75, 3.05) is 6.26 Å². The summed E-state index contributed by atoms with van der Waals surface area (Å²) in [6.45, 7) is 6.36. The smallest absolute Gasteiger partial charge is 0.140 e. The van der Waals surface area contributed by atoms with Crippen molar-refractivity contribution in [1.82, 2.24) is 9.97 Å². The molecule has 4 heteroatoms. The van der Waals surface area contributed by atoms with Gasteiger partial charge in [-0.2, -0.15) is 11.8 Å². The van der Waals surface area contributed by atoms with E-state index in [9.17, 15) is 0 Å². The first kappa shape index (κ1) is 11.8. The Kier molecular flexibility index (Phi) is 3.78. The third-order valence-electron chi connectivity index (χ3n) is 1.78. The van der Waals surface area contributed by atoms with E-state index in [4.69, 9.17) is 11.6 Å². The van der Waals surface area contributed by atoms with E-state index in [0.29, 0.717) is 5.15 Å². The lowest BCUT2D eigenvalue weighted by molar-refractivity contribution is 0.564. The Labute approximate surface area is 94.5 Å². The second kappa shape index (κ2) is 4.49. The molecule has 1 rings (SSSR count). The summed E-state index contributed by atoms with van der Waals surface area (Å²) < 4.78 is 0. The summed E-state index contributed by atoms with van der Waals surface area (Å²) in [5.74, 6) is 1.62. The molecule has 0 aliphatic carbocycles. The molecule has 1 aromatic rings. The van der Waals surface area contributed by atoms with E-state index in [1.54, 1.807) is 11.8 Å². The Bertz CT molecular complexity index is 320. The van der Waals surface area contributed by atoms with Gasteiger partial charge in [0.15, 0.2) is 0 Å². The number of aromatic nitrogens is 2. The minimum atomic E-state index is 0.0275. The lowest BCUT2D eigenvalue weighted by Gasteiger charge is -2.18. The molecule has 14 heavy (non-hydrogen) atoms. The molecule has 0 unspecified atom stereocenters. The standard InChI is InChI=1S/C10H15ClN2S/c1-10(2,3)7-5-8(11)13-9(12-7)6-14-4/h5H,6H2,1-4H3. The Balaban J connectivity index is 3.07. The number of hydrogen-bond acceptors (Lipinski definition) is 3. The van der Waals surface area contributed by atoms with Gasteiger partial charge in [0, 0.05) is 5.41 Å². The van der Waals surface area contributed by atoms with Crippen molar-refractivity contribution in [3.05, 3.63) is 22.7 Å². The highest BCUT2D eigenvalue weighted by Gasteiger charge is 2.17.